The standard InChI is InChI=1S/C9H16N2O4/c1-3-15-9(14)11-5-4-10-7(6(11)2)8(12)13/h6-7,10H,3-5H2,1-2H3,(H,12,13). The lowest BCUT2D eigenvalue weighted by molar-refractivity contribution is -0.141. The topological polar surface area (TPSA) is 78.9 Å². The Morgan fingerprint density at radius 2 is 2.27 bits per heavy atom. The molecule has 6 heteroatoms. The maximum Gasteiger partial charge on any atom is 0.410 e. The molecular formula is C9H16N2O4. The van der Waals surface area contributed by atoms with Crippen molar-refractivity contribution in [1.29, 1.82) is 0 Å². The number of aliphatic carboxylic acids is 1. The summed E-state index contributed by atoms with van der Waals surface area (Å²) in [5, 5.41) is 11.7. The molecular weight excluding hydrogens is 200 g/mol. The highest BCUT2D eigenvalue weighted by molar-refractivity contribution is 5.76. The van der Waals surface area contributed by atoms with Crippen LogP contribution >= 0.6 is 0 Å². The van der Waals surface area contributed by atoms with E-state index in [0.717, 1.165) is 0 Å². The van der Waals surface area contributed by atoms with Crippen LogP contribution in [0.3, 0.4) is 0 Å². The largest absolute Gasteiger partial charge is 0.480 e. The number of piperazine rings is 1. The smallest absolute Gasteiger partial charge is 0.410 e. The van der Waals surface area contributed by atoms with E-state index in [4.69, 9.17) is 9.84 Å². The van der Waals surface area contributed by atoms with Gasteiger partial charge in [-0.25, -0.2) is 4.79 Å². The number of amides is 1. The Morgan fingerprint density at radius 3 is 2.80 bits per heavy atom. The van der Waals surface area contributed by atoms with Crippen LogP contribution in [0.25, 0.3) is 0 Å². The Balaban J connectivity index is 2.65. The number of rotatable bonds is 2. The molecule has 1 aliphatic heterocycles. The van der Waals surface area contributed by atoms with E-state index in [0.29, 0.717) is 19.7 Å². The van der Waals surface area contributed by atoms with Crippen LogP contribution in [0.2, 0.25) is 0 Å². The molecule has 6 nitrogen and oxygen atoms in total. The average Bonchev–Trinajstić information content (AvgIpc) is 2.17. The lowest BCUT2D eigenvalue weighted by Gasteiger charge is -2.37. The summed E-state index contributed by atoms with van der Waals surface area (Å²) in [5.74, 6) is -0.948. The van der Waals surface area contributed by atoms with Crippen LogP contribution in [0.15, 0.2) is 0 Å². The van der Waals surface area contributed by atoms with Gasteiger partial charge in [0.05, 0.1) is 12.6 Å². The Kier molecular flexibility index (Phi) is 3.90. The van der Waals surface area contributed by atoms with Gasteiger partial charge in [0.2, 0.25) is 0 Å². The monoisotopic (exact) mass is 216 g/mol. The fraction of sp³-hybridized carbons (Fsp3) is 0.778. The van der Waals surface area contributed by atoms with Gasteiger partial charge in [-0.1, -0.05) is 0 Å². The SMILES string of the molecule is CCOC(=O)N1CCNC(C(=O)O)C1C. The van der Waals surface area contributed by atoms with Crippen LogP contribution in [0.5, 0.6) is 0 Å². The van der Waals surface area contributed by atoms with E-state index < -0.39 is 24.1 Å². The highest BCUT2D eigenvalue weighted by Gasteiger charge is 2.35. The minimum Gasteiger partial charge on any atom is -0.480 e. The molecule has 0 aliphatic carbocycles. The summed E-state index contributed by atoms with van der Waals surface area (Å²) in [5.41, 5.74) is 0. The third-order valence-electron chi connectivity index (χ3n) is 2.46. The normalized spacial score (nSPS) is 26.1. The molecule has 1 heterocycles. The van der Waals surface area contributed by atoms with E-state index in [-0.39, 0.29) is 0 Å². The summed E-state index contributed by atoms with van der Waals surface area (Å²) < 4.78 is 4.85. The molecule has 0 aromatic carbocycles. The molecule has 1 amide bonds. The van der Waals surface area contributed by atoms with Crippen molar-refractivity contribution in [3.05, 3.63) is 0 Å². The zero-order chi connectivity index (χ0) is 11.4. The summed E-state index contributed by atoms with van der Waals surface area (Å²) in [6.07, 6.45) is -0.447. The van der Waals surface area contributed by atoms with Gasteiger partial charge >= 0.3 is 12.1 Å². The summed E-state index contributed by atoms with van der Waals surface area (Å²) in [6.45, 7) is 4.67. The molecule has 86 valence electrons. The quantitative estimate of drug-likeness (QED) is 0.673. The van der Waals surface area contributed by atoms with Gasteiger partial charge in [-0.15, -0.1) is 0 Å². The zero-order valence-electron chi connectivity index (χ0n) is 8.90. The first-order valence-electron chi connectivity index (χ1n) is 4.97. The first-order chi connectivity index (χ1) is 7.07. The fourth-order valence-corrected chi connectivity index (χ4v) is 1.65. The number of carboxylic acids is 1. The second kappa shape index (κ2) is 4.97. The average molecular weight is 216 g/mol. The number of hydrogen-bond acceptors (Lipinski definition) is 4. The van der Waals surface area contributed by atoms with Crippen LogP contribution in [0, 0.1) is 0 Å². The molecule has 1 fully saturated rings. The minimum atomic E-state index is -0.948. The van der Waals surface area contributed by atoms with Crippen LogP contribution in [-0.2, 0) is 9.53 Å². The Bertz CT molecular complexity index is 256. The maximum absolute atomic E-state index is 11.5. The number of ether oxygens (including phenoxy) is 1. The third-order valence-corrected chi connectivity index (χ3v) is 2.46. The molecule has 1 saturated heterocycles. The van der Waals surface area contributed by atoms with Gasteiger partial charge in [0.15, 0.2) is 0 Å². The predicted octanol–water partition coefficient (Wildman–Crippen LogP) is -0.110. The maximum atomic E-state index is 11.5. The highest BCUT2D eigenvalue weighted by atomic mass is 16.6. The summed E-state index contributed by atoms with van der Waals surface area (Å²) in [4.78, 5) is 23.8. The van der Waals surface area contributed by atoms with E-state index in [1.165, 1.54) is 4.90 Å². The van der Waals surface area contributed by atoms with Crippen molar-refractivity contribution in [2.75, 3.05) is 19.7 Å². The summed E-state index contributed by atoms with van der Waals surface area (Å²) in [7, 11) is 0. The van der Waals surface area contributed by atoms with Crippen LogP contribution < -0.4 is 5.32 Å². The molecule has 1 rings (SSSR count). The number of carboxylic acid groups (broad SMARTS) is 1. The van der Waals surface area contributed by atoms with Gasteiger partial charge in [0, 0.05) is 13.1 Å². The van der Waals surface area contributed by atoms with Crippen LogP contribution in [-0.4, -0.2) is 53.8 Å². The van der Waals surface area contributed by atoms with E-state index in [2.05, 4.69) is 5.32 Å². The van der Waals surface area contributed by atoms with Crippen molar-refractivity contribution in [1.82, 2.24) is 10.2 Å². The van der Waals surface area contributed by atoms with Crippen molar-refractivity contribution in [3.63, 3.8) is 0 Å². The molecule has 15 heavy (non-hydrogen) atoms. The second-order valence-electron chi connectivity index (χ2n) is 3.40. The second-order valence-corrected chi connectivity index (χ2v) is 3.40. The number of nitrogens with one attached hydrogen (secondary N) is 1. The van der Waals surface area contributed by atoms with Crippen molar-refractivity contribution in [3.8, 4) is 0 Å². The van der Waals surface area contributed by atoms with Crippen molar-refractivity contribution in [2.45, 2.75) is 25.9 Å². The number of carbonyl (C=O) groups is 2. The Morgan fingerprint density at radius 1 is 1.60 bits per heavy atom. The zero-order valence-corrected chi connectivity index (χ0v) is 8.90. The van der Waals surface area contributed by atoms with Crippen LogP contribution in [0.4, 0.5) is 4.79 Å². The molecule has 0 radical (unpaired) electrons. The molecule has 2 atom stereocenters. The molecule has 2 unspecified atom stereocenters. The first kappa shape index (κ1) is 11.8. The van der Waals surface area contributed by atoms with Gasteiger partial charge in [-0.05, 0) is 13.8 Å². The van der Waals surface area contributed by atoms with Gasteiger partial charge < -0.3 is 20.1 Å². The van der Waals surface area contributed by atoms with Gasteiger partial charge in [0.25, 0.3) is 0 Å². The lowest BCUT2D eigenvalue weighted by Crippen LogP contribution is -2.61. The number of carbonyl (C=O) groups excluding carboxylic acids is 1. The van der Waals surface area contributed by atoms with Crippen molar-refractivity contribution in [2.24, 2.45) is 0 Å². The van der Waals surface area contributed by atoms with Crippen molar-refractivity contribution < 1.29 is 19.4 Å². The summed E-state index contributed by atoms with van der Waals surface area (Å²) in [6, 6.07) is -1.11. The minimum absolute atomic E-state index is 0.299. The molecule has 0 aromatic heterocycles. The first-order valence-corrected chi connectivity index (χ1v) is 4.97. The fourth-order valence-electron chi connectivity index (χ4n) is 1.65. The molecule has 0 bridgehead atoms. The molecule has 0 spiro atoms. The molecule has 2 N–H and O–H groups in total. The lowest BCUT2D eigenvalue weighted by atomic mass is 10.1. The number of hydrogen-bond donors (Lipinski definition) is 2. The predicted molar refractivity (Wildman–Crippen MR) is 52.6 cm³/mol. The Labute approximate surface area is 88.2 Å². The summed E-state index contributed by atoms with van der Waals surface area (Å²) >= 11 is 0. The molecule has 1 aliphatic rings. The van der Waals surface area contributed by atoms with E-state index in [1.54, 1.807) is 13.8 Å². The van der Waals surface area contributed by atoms with E-state index in [1.807, 2.05) is 0 Å². The molecule has 0 aromatic rings. The Hall–Kier alpha value is -1.30. The van der Waals surface area contributed by atoms with Crippen LogP contribution in [0.1, 0.15) is 13.8 Å². The van der Waals surface area contributed by atoms with Gasteiger partial charge in [-0.3, -0.25) is 4.79 Å². The van der Waals surface area contributed by atoms with E-state index >= 15 is 0 Å². The van der Waals surface area contributed by atoms with Gasteiger partial charge in [0.1, 0.15) is 6.04 Å². The molecule has 0 saturated carbocycles. The highest BCUT2D eigenvalue weighted by Crippen LogP contribution is 2.10. The third kappa shape index (κ3) is 2.59. The number of nitrogens with zero attached hydrogens (tertiary/aromatic N) is 1. The van der Waals surface area contributed by atoms with Crippen molar-refractivity contribution >= 4 is 12.1 Å². The van der Waals surface area contributed by atoms with Gasteiger partial charge in [-0.2, -0.15) is 0 Å². The van der Waals surface area contributed by atoms with E-state index in [9.17, 15) is 9.59 Å².